The highest BCUT2D eigenvalue weighted by atomic mass is 79.9. The molecule has 0 saturated heterocycles. The number of aromatic hydroxyl groups is 1. The van der Waals surface area contributed by atoms with Crippen LogP contribution in [-0.4, -0.2) is 36.0 Å². The van der Waals surface area contributed by atoms with Gasteiger partial charge in [0.25, 0.3) is 11.8 Å². The third-order valence-electron chi connectivity index (χ3n) is 4.24. The molecule has 3 N–H and O–H groups in total. The molecule has 3 rings (SSSR count). The number of phenols is 1. The zero-order valence-corrected chi connectivity index (χ0v) is 17.4. The summed E-state index contributed by atoms with van der Waals surface area (Å²) >= 11 is 3.30. The number of phenolic OH excluding ortho intramolecular Hbond substituents is 1. The van der Waals surface area contributed by atoms with E-state index >= 15 is 0 Å². The molecule has 8 nitrogen and oxygen atoms in total. The Hall–Kier alpha value is -3.07. The number of rotatable bonds is 6. The first-order valence-corrected chi connectivity index (χ1v) is 9.66. The van der Waals surface area contributed by atoms with Crippen molar-refractivity contribution in [3.8, 4) is 17.2 Å². The maximum atomic E-state index is 12.6. The van der Waals surface area contributed by atoms with E-state index in [2.05, 4.69) is 31.8 Å². The largest absolute Gasteiger partial charge is 0.507 e. The van der Waals surface area contributed by atoms with Crippen LogP contribution in [0.2, 0.25) is 0 Å². The van der Waals surface area contributed by atoms with Crippen molar-refractivity contribution >= 4 is 34.0 Å². The third-order valence-corrected chi connectivity index (χ3v) is 4.73. The zero-order valence-electron chi connectivity index (χ0n) is 15.8. The summed E-state index contributed by atoms with van der Waals surface area (Å²) in [4.78, 5) is 25.1. The number of benzene rings is 2. The van der Waals surface area contributed by atoms with Crippen molar-refractivity contribution in [3.05, 3.63) is 52.0 Å². The van der Waals surface area contributed by atoms with Crippen LogP contribution < -0.4 is 20.2 Å². The Bertz CT molecular complexity index is 961. The van der Waals surface area contributed by atoms with Crippen LogP contribution in [0.1, 0.15) is 29.8 Å². The van der Waals surface area contributed by atoms with E-state index in [1.807, 2.05) is 13.8 Å². The van der Waals surface area contributed by atoms with Crippen LogP contribution in [0.4, 0.5) is 0 Å². The van der Waals surface area contributed by atoms with Crippen molar-refractivity contribution < 1.29 is 24.2 Å². The van der Waals surface area contributed by atoms with Gasteiger partial charge in [0.1, 0.15) is 11.8 Å². The Kier molecular flexibility index (Phi) is 6.38. The summed E-state index contributed by atoms with van der Waals surface area (Å²) in [5.41, 5.74) is 3.19. The standard InChI is InChI=1S/C20H20BrN3O5/c1-11(2)18(20(27)24-22-9-13-7-14(21)4-5-15(13)25)23-19(26)12-3-6-16-17(8-12)29-10-28-16/h3-9,11,18,25H,10H2,1-2H3,(H,23,26)(H,24,27)/b22-9+. The first-order valence-electron chi connectivity index (χ1n) is 8.87. The first-order chi connectivity index (χ1) is 13.8. The number of carbonyl (C=O) groups is 2. The maximum Gasteiger partial charge on any atom is 0.262 e. The minimum Gasteiger partial charge on any atom is -0.507 e. The number of nitrogens with one attached hydrogen (secondary N) is 2. The fourth-order valence-electron chi connectivity index (χ4n) is 2.66. The van der Waals surface area contributed by atoms with Crippen LogP contribution in [0.25, 0.3) is 0 Å². The molecule has 1 unspecified atom stereocenters. The second kappa shape index (κ2) is 8.95. The van der Waals surface area contributed by atoms with Crippen molar-refractivity contribution in [2.24, 2.45) is 11.0 Å². The summed E-state index contributed by atoms with van der Waals surface area (Å²) in [7, 11) is 0. The minimum atomic E-state index is -0.804. The van der Waals surface area contributed by atoms with Crippen molar-refractivity contribution in [3.63, 3.8) is 0 Å². The van der Waals surface area contributed by atoms with Crippen LogP contribution in [0.15, 0.2) is 46.0 Å². The molecule has 0 aliphatic carbocycles. The van der Waals surface area contributed by atoms with Gasteiger partial charge in [0.05, 0.1) is 6.21 Å². The van der Waals surface area contributed by atoms with Crippen LogP contribution in [0.3, 0.4) is 0 Å². The van der Waals surface area contributed by atoms with Gasteiger partial charge in [0.15, 0.2) is 11.5 Å². The molecule has 0 radical (unpaired) electrons. The van der Waals surface area contributed by atoms with E-state index in [0.29, 0.717) is 22.6 Å². The van der Waals surface area contributed by atoms with E-state index in [0.717, 1.165) is 4.47 Å². The second-order valence-electron chi connectivity index (χ2n) is 6.70. The van der Waals surface area contributed by atoms with Crippen LogP contribution >= 0.6 is 15.9 Å². The Morgan fingerprint density at radius 3 is 2.69 bits per heavy atom. The van der Waals surface area contributed by atoms with Gasteiger partial charge in [-0.3, -0.25) is 9.59 Å². The molecular formula is C20H20BrN3O5. The second-order valence-corrected chi connectivity index (χ2v) is 7.62. The summed E-state index contributed by atoms with van der Waals surface area (Å²) in [6.45, 7) is 3.74. The number of amides is 2. The normalized spacial score (nSPS) is 13.5. The average molecular weight is 462 g/mol. The molecule has 29 heavy (non-hydrogen) atoms. The molecule has 0 spiro atoms. The Labute approximate surface area is 176 Å². The number of hydrogen-bond donors (Lipinski definition) is 3. The lowest BCUT2D eigenvalue weighted by atomic mass is 10.0. The third kappa shape index (κ3) is 5.05. The molecule has 152 valence electrons. The quantitative estimate of drug-likeness (QED) is 0.452. The molecule has 0 saturated carbocycles. The molecule has 0 aromatic heterocycles. The molecule has 1 aliphatic heterocycles. The number of halogens is 1. The highest BCUT2D eigenvalue weighted by Crippen LogP contribution is 2.32. The van der Waals surface area contributed by atoms with Crippen molar-refractivity contribution in [1.82, 2.24) is 10.7 Å². The summed E-state index contributed by atoms with van der Waals surface area (Å²) < 4.78 is 11.3. The van der Waals surface area contributed by atoms with Crippen LogP contribution in [-0.2, 0) is 4.79 Å². The summed E-state index contributed by atoms with van der Waals surface area (Å²) in [5.74, 6) is 0.0298. The number of nitrogens with zero attached hydrogens (tertiary/aromatic N) is 1. The van der Waals surface area contributed by atoms with Crippen molar-refractivity contribution in [1.29, 1.82) is 0 Å². The maximum absolute atomic E-state index is 12.6. The summed E-state index contributed by atoms with van der Waals surface area (Å²) in [6, 6.07) is 8.87. The van der Waals surface area contributed by atoms with Gasteiger partial charge < -0.3 is 19.9 Å². The van der Waals surface area contributed by atoms with E-state index in [1.165, 1.54) is 12.3 Å². The molecule has 0 fully saturated rings. The fraction of sp³-hybridized carbons (Fsp3) is 0.250. The lowest BCUT2D eigenvalue weighted by molar-refractivity contribution is -0.123. The average Bonchev–Trinajstić information content (AvgIpc) is 3.16. The number of hydrogen-bond acceptors (Lipinski definition) is 6. The van der Waals surface area contributed by atoms with Gasteiger partial charge >= 0.3 is 0 Å². The van der Waals surface area contributed by atoms with Crippen LogP contribution in [0.5, 0.6) is 17.2 Å². The predicted octanol–water partition coefficient (Wildman–Crippen LogP) is 2.79. The summed E-state index contributed by atoms with van der Waals surface area (Å²) in [6.07, 6.45) is 1.33. The molecule has 1 heterocycles. The molecular weight excluding hydrogens is 442 g/mol. The van der Waals surface area contributed by atoms with Crippen molar-refractivity contribution in [2.45, 2.75) is 19.9 Å². The number of hydrazone groups is 1. The molecule has 2 aromatic rings. The number of carbonyl (C=O) groups excluding carboxylic acids is 2. The summed E-state index contributed by atoms with van der Waals surface area (Å²) in [5, 5.41) is 16.4. The van der Waals surface area contributed by atoms with Gasteiger partial charge in [-0.05, 0) is 42.3 Å². The minimum absolute atomic E-state index is 0.0303. The number of ether oxygens (including phenoxy) is 2. The monoisotopic (exact) mass is 461 g/mol. The van der Waals surface area contributed by atoms with Gasteiger partial charge in [-0.1, -0.05) is 29.8 Å². The highest BCUT2D eigenvalue weighted by Gasteiger charge is 2.25. The molecule has 2 amide bonds. The van der Waals surface area contributed by atoms with Gasteiger partial charge in [0, 0.05) is 15.6 Å². The topological polar surface area (TPSA) is 109 Å². The molecule has 9 heteroatoms. The zero-order chi connectivity index (χ0) is 21.0. The lowest BCUT2D eigenvalue weighted by Gasteiger charge is -2.20. The molecule has 2 aromatic carbocycles. The van der Waals surface area contributed by atoms with E-state index in [1.54, 1.807) is 30.3 Å². The van der Waals surface area contributed by atoms with Gasteiger partial charge in [0.2, 0.25) is 6.79 Å². The Morgan fingerprint density at radius 2 is 1.93 bits per heavy atom. The van der Waals surface area contributed by atoms with E-state index in [4.69, 9.17) is 9.47 Å². The lowest BCUT2D eigenvalue weighted by Crippen LogP contribution is -2.48. The SMILES string of the molecule is CC(C)C(NC(=O)c1ccc2c(c1)OCO2)C(=O)N/N=C/c1cc(Br)ccc1O. The van der Waals surface area contributed by atoms with E-state index < -0.39 is 17.9 Å². The number of fused-ring (bicyclic) bond motifs is 1. The first kappa shape index (κ1) is 20.7. The van der Waals surface area contributed by atoms with Gasteiger partial charge in [-0.15, -0.1) is 0 Å². The van der Waals surface area contributed by atoms with Crippen molar-refractivity contribution in [2.75, 3.05) is 6.79 Å². The molecule has 0 bridgehead atoms. The predicted molar refractivity (Wildman–Crippen MR) is 110 cm³/mol. The van der Waals surface area contributed by atoms with E-state index in [9.17, 15) is 14.7 Å². The Morgan fingerprint density at radius 1 is 1.17 bits per heavy atom. The fourth-order valence-corrected chi connectivity index (χ4v) is 3.04. The highest BCUT2D eigenvalue weighted by molar-refractivity contribution is 9.10. The van der Waals surface area contributed by atoms with Crippen LogP contribution in [0, 0.1) is 5.92 Å². The van der Waals surface area contributed by atoms with Gasteiger partial charge in [-0.25, -0.2) is 5.43 Å². The smallest absolute Gasteiger partial charge is 0.262 e. The molecule has 1 aliphatic rings. The molecule has 1 atom stereocenters. The Balaban J connectivity index is 1.65. The van der Waals surface area contributed by atoms with E-state index in [-0.39, 0.29) is 18.5 Å². The van der Waals surface area contributed by atoms with Gasteiger partial charge in [-0.2, -0.15) is 5.10 Å².